The van der Waals surface area contributed by atoms with Gasteiger partial charge in [0.15, 0.2) is 0 Å². The highest BCUT2D eigenvalue weighted by Crippen LogP contribution is 1.90. The Hall–Kier alpha value is -0.160. The lowest BCUT2D eigenvalue weighted by molar-refractivity contribution is -0.0273. The molecule has 0 aromatic heterocycles. The van der Waals surface area contributed by atoms with E-state index in [1.54, 1.807) is 0 Å². The van der Waals surface area contributed by atoms with Crippen molar-refractivity contribution in [2.24, 2.45) is 5.73 Å². The van der Waals surface area contributed by atoms with Crippen molar-refractivity contribution in [3.05, 3.63) is 0 Å². The van der Waals surface area contributed by atoms with E-state index in [1.165, 1.54) is 0 Å². The predicted molar refractivity (Wildman–Crippen MR) is 37.3 cm³/mol. The van der Waals surface area contributed by atoms with Crippen LogP contribution in [0.1, 0.15) is 13.3 Å². The molecule has 4 nitrogen and oxygen atoms in total. The molecule has 2 unspecified atom stereocenters. The zero-order chi connectivity index (χ0) is 7.98. The van der Waals surface area contributed by atoms with Crippen molar-refractivity contribution < 1.29 is 14.9 Å². The molecule has 62 valence electrons. The Balaban J connectivity index is 3.17. The van der Waals surface area contributed by atoms with E-state index >= 15 is 0 Å². The summed E-state index contributed by atoms with van der Waals surface area (Å²) in [7, 11) is 0. The van der Waals surface area contributed by atoms with Gasteiger partial charge < -0.3 is 20.7 Å². The molecule has 0 amide bonds. The van der Waals surface area contributed by atoms with Gasteiger partial charge in [-0.3, -0.25) is 0 Å². The molecule has 0 heterocycles. The summed E-state index contributed by atoms with van der Waals surface area (Å²) in [6, 6.07) is 0. The lowest BCUT2D eigenvalue weighted by Gasteiger charge is -2.12. The highest BCUT2D eigenvalue weighted by molar-refractivity contribution is 4.51. The summed E-state index contributed by atoms with van der Waals surface area (Å²) in [4.78, 5) is 0. The number of hydrogen-bond donors (Lipinski definition) is 3. The van der Waals surface area contributed by atoms with Crippen LogP contribution >= 0.6 is 0 Å². The molecule has 0 aliphatic carbocycles. The summed E-state index contributed by atoms with van der Waals surface area (Å²) >= 11 is 0. The molecule has 0 aromatic carbocycles. The average Bonchev–Trinajstić information content (AvgIpc) is 1.99. The Bertz CT molecular complexity index is 69.4. The summed E-state index contributed by atoms with van der Waals surface area (Å²) in [5, 5.41) is 17.1. The second-order valence-electron chi connectivity index (χ2n) is 2.12. The predicted octanol–water partition coefficient (Wildman–Crippen LogP) is -0.949. The fourth-order valence-electron chi connectivity index (χ4n) is 0.405. The van der Waals surface area contributed by atoms with Crippen molar-refractivity contribution in [2.75, 3.05) is 13.2 Å². The van der Waals surface area contributed by atoms with Gasteiger partial charge >= 0.3 is 0 Å². The molecule has 10 heavy (non-hydrogen) atoms. The number of aliphatic hydroxyl groups excluding tert-OH is 2. The van der Waals surface area contributed by atoms with Crippen LogP contribution in [0.15, 0.2) is 0 Å². The molecular formula is C6H15NO3. The number of aliphatic hydroxyl groups is 2. The Kier molecular flexibility index (Phi) is 5.52. The molecule has 0 aliphatic heterocycles. The smallest absolute Gasteiger partial charge is 0.105 e. The maximum atomic E-state index is 8.77. The van der Waals surface area contributed by atoms with Crippen LogP contribution in [-0.2, 0) is 4.74 Å². The second kappa shape index (κ2) is 5.61. The summed E-state index contributed by atoms with van der Waals surface area (Å²) < 4.78 is 4.91. The van der Waals surface area contributed by atoms with Crippen LogP contribution in [0.2, 0.25) is 0 Å². The maximum absolute atomic E-state index is 8.77. The van der Waals surface area contributed by atoms with Crippen LogP contribution < -0.4 is 5.73 Å². The van der Waals surface area contributed by atoms with E-state index in [0.717, 1.165) is 0 Å². The van der Waals surface area contributed by atoms with Gasteiger partial charge in [-0.25, -0.2) is 0 Å². The highest BCUT2D eigenvalue weighted by atomic mass is 16.5. The first-order valence-electron chi connectivity index (χ1n) is 3.36. The van der Waals surface area contributed by atoms with Crippen molar-refractivity contribution in [3.8, 4) is 0 Å². The molecule has 0 rings (SSSR count). The minimum atomic E-state index is -0.808. The van der Waals surface area contributed by atoms with E-state index in [0.29, 0.717) is 6.42 Å². The zero-order valence-corrected chi connectivity index (χ0v) is 6.16. The van der Waals surface area contributed by atoms with Gasteiger partial charge in [0.1, 0.15) is 12.3 Å². The topological polar surface area (TPSA) is 75.7 Å². The van der Waals surface area contributed by atoms with E-state index in [-0.39, 0.29) is 19.4 Å². The van der Waals surface area contributed by atoms with E-state index in [1.807, 2.05) is 6.92 Å². The van der Waals surface area contributed by atoms with Crippen molar-refractivity contribution in [3.63, 3.8) is 0 Å². The molecule has 0 bridgehead atoms. The maximum Gasteiger partial charge on any atom is 0.105 e. The first-order valence-corrected chi connectivity index (χ1v) is 3.36. The van der Waals surface area contributed by atoms with Crippen molar-refractivity contribution in [1.82, 2.24) is 0 Å². The van der Waals surface area contributed by atoms with Crippen LogP contribution in [0.4, 0.5) is 0 Å². The highest BCUT2D eigenvalue weighted by Gasteiger charge is 2.04. The van der Waals surface area contributed by atoms with Crippen LogP contribution in [0, 0.1) is 0 Å². The van der Waals surface area contributed by atoms with Gasteiger partial charge in [-0.2, -0.15) is 0 Å². The van der Waals surface area contributed by atoms with Crippen LogP contribution in [0.3, 0.4) is 0 Å². The van der Waals surface area contributed by atoms with Crippen molar-refractivity contribution in [2.45, 2.75) is 25.7 Å². The van der Waals surface area contributed by atoms with Gasteiger partial charge in [-0.05, 0) is 6.42 Å². The first kappa shape index (κ1) is 9.84. The van der Waals surface area contributed by atoms with E-state index < -0.39 is 6.10 Å². The van der Waals surface area contributed by atoms with Gasteiger partial charge in [0, 0.05) is 0 Å². The fraction of sp³-hybridized carbons (Fsp3) is 1.00. The number of hydrogen-bond acceptors (Lipinski definition) is 4. The number of ether oxygens (including phenoxy) is 1. The Morgan fingerprint density at radius 1 is 1.60 bits per heavy atom. The van der Waals surface area contributed by atoms with Crippen LogP contribution in [0.25, 0.3) is 0 Å². The van der Waals surface area contributed by atoms with E-state index in [2.05, 4.69) is 0 Å². The second-order valence-corrected chi connectivity index (χ2v) is 2.12. The van der Waals surface area contributed by atoms with Crippen LogP contribution in [0.5, 0.6) is 0 Å². The first-order chi connectivity index (χ1) is 4.70. The van der Waals surface area contributed by atoms with Gasteiger partial charge in [0.25, 0.3) is 0 Å². The summed E-state index contributed by atoms with van der Waals surface area (Å²) in [6.07, 6.45) is -0.434. The normalized spacial score (nSPS) is 16.8. The summed E-state index contributed by atoms with van der Waals surface area (Å²) in [5.74, 6) is 0. The third-order valence-electron chi connectivity index (χ3n) is 1.12. The van der Waals surface area contributed by atoms with Gasteiger partial charge in [-0.1, -0.05) is 6.92 Å². The molecular weight excluding hydrogens is 134 g/mol. The van der Waals surface area contributed by atoms with Crippen LogP contribution in [-0.4, -0.2) is 35.8 Å². The molecule has 0 aromatic rings. The number of nitrogens with two attached hydrogens (primary N) is 1. The molecule has 0 fully saturated rings. The third kappa shape index (κ3) is 4.69. The largest absolute Gasteiger partial charge is 0.394 e. The Labute approximate surface area is 60.6 Å². The Morgan fingerprint density at radius 2 is 2.20 bits per heavy atom. The van der Waals surface area contributed by atoms with Gasteiger partial charge in [0.2, 0.25) is 0 Å². The summed E-state index contributed by atoms with van der Waals surface area (Å²) in [5.41, 5.74) is 5.36. The molecule has 0 aliphatic rings. The monoisotopic (exact) mass is 149 g/mol. The quantitative estimate of drug-likeness (QED) is 0.440. The summed E-state index contributed by atoms with van der Waals surface area (Å²) in [6.45, 7) is 1.71. The molecule has 0 saturated heterocycles. The molecule has 0 radical (unpaired) electrons. The van der Waals surface area contributed by atoms with Crippen molar-refractivity contribution >= 4 is 0 Å². The fourth-order valence-corrected chi connectivity index (χ4v) is 0.405. The minimum Gasteiger partial charge on any atom is -0.394 e. The lowest BCUT2D eigenvalue weighted by Crippen LogP contribution is -2.29. The lowest BCUT2D eigenvalue weighted by atomic mass is 10.4. The van der Waals surface area contributed by atoms with E-state index in [4.69, 9.17) is 20.7 Å². The molecule has 4 heteroatoms. The third-order valence-corrected chi connectivity index (χ3v) is 1.12. The van der Waals surface area contributed by atoms with Gasteiger partial charge in [0.05, 0.1) is 13.2 Å². The molecule has 0 saturated carbocycles. The zero-order valence-electron chi connectivity index (χ0n) is 6.16. The number of rotatable bonds is 5. The molecule has 2 atom stereocenters. The minimum absolute atomic E-state index is 0.103. The SMILES string of the molecule is CCC(N)OCC(O)CO. The average molecular weight is 149 g/mol. The van der Waals surface area contributed by atoms with Crippen molar-refractivity contribution in [1.29, 1.82) is 0 Å². The molecule has 0 spiro atoms. The van der Waals surface area contributed by atoms with Gasteiger partial charge in [-0.15, -0.1) is 0 Å². The Morgan fingerprint density at radius 3 is 2.60 bits per heavy atom. The standard InChI is InChI=1S/C6H15NO3/c1-2-6(7)10-4-5(9)3-8/h5-6,8-9H,2-4,7H2,1H3. The molecule has 4 N–H and O–H groups in total. The van der Waals surface area contributed by atoms with E-state index in [9.17, 15) is 0 Å².